The van der Waals surface area contributed by atoms with E-state index in [2.05, 4.69) is 14.9 Å². The van der Waals surface area contributed by atoms with Gasteiger partial charge in [-0.05, 0) is 54.3 Å². The van der Waals surface area contributed by atoms with Gasteiger partial charge in [-0.15, -0.1) is 0 Å². The van der Waals surface area contributed by atoms with Crippen LogP contribution in [0.3, 0.4) is 0 Å². The zero-order valence-corrected chi connectivity index (χ0v) is 14.4. The molecule has 3 rings (SSSR count). The number of rotatable bonds is 7. The SMILES string of the molecule is Nc1nccc(N(CCc2ccc(O)cc2)CCc2ccc(O)cc2)n1. The van der Waals surface area contributed by atoms with Gasteiger partial charge in [-0.3, -0.25) is 0 Å². The minimum absolute atomic E-state index is 0.252. The van der Waals surface area contributed by atoms with Gasteiger partial charge in [0.15, 0.2) is 0 Å². The second-order valence-electron chi connectivity index (χ2n) is 6.09. The Morgan fingerprint density at radius 1 is 0.769 bits per heavy atom. The Hall–Kier alpha value is -3.28. The van der Waals surface area contributed by atoms with Crippen molar-refractivity contribution >= 4 is 11.8 Å². The molecule has 0 amide bonds. The van der Waals surface area contributed by atoms with Gasteiger partial charge in [0.1, 0.15) is 17.3 Å². The Kier molecular flexibility index (Phi) is 5.53. The molecule has 2 aromatic carbocycles. The van der Waals surface area contributed by atoms with Crippen LogP contribution in [0.25, 0.3) is 0 Å². The molecule has 0 fully saturated rings. The van der Waals surface area contributed by atoms with Crippen molar-refractivity contribution in [3.63, 3.8) is 0 Å². The van der Waals surface area contributed by atoms with Gasteiger partial charge in [0.25, 0.3) is 0 Å². The molecule has 0 saturated heterocycles. The van der Waals surface area contributed by atoms with Gasteiger partial charge < -0.3 is 20.8 Å². The van der Waals surface area contributed by atoms with Crippen molar-refractivity contribution in [3.05, 3.63) is 71.9 Å². The maximum atomic E-state index is 9.41. The second-order valence-corrected chi connectivity index (χ2v) is 6.09. The summed E-state index contributed by atoms with van der Waals surface area (Å²) in [6.45, 7) is 1.53. The predicted octanol–water partition coefficient (Wildman–Crippen LogP) is 2.76. The molecule has 0 radical (unpaired) electrons. The molecule has 26 heavy (non-hydrogen) atoms. The van der Waals surface area contributed by atoms with Crippen LogP contribution in [0.2, 0.25) is 0 Å². The summed E-state index contributed by atoms with van der Waals surface area (Å²) in [7, 11) is 0. The molecule has 0 aliphatic heterocycles. The van der Waals surface area contributed by atoms with Crippen LogP contribution in [0.4, 0.5) is 11.8 Å². The van der Waals surface area contributed by atoms with E-state index in [-0.39, 0.29) is 17.4 Å². The van der Waals surface area contributed by atoms with E-state index in [0.717, 1.165) is 42.9 Å². The van der Waals surface area contributed by atoms with Crippen molar-refractivity contribution in [3.8, 4) is 11.5 Å². The van der Waals surface area contributed by atoms with Crippen molar-refractivity contribution < 1.29 is 10.2 Å². The van der Waals surface area contributed by atoms with E-state index in [1.165, 1.54) is 0 Å². The Labute approximate surface area is 152 Å². The van der Waals surface area contributed by atoms with Gasteiger partial charge in [-0.1, -0.05) is 24.3 Å². The molecule has 6 heteroatoms. The maximum absolute atomic E-state index is 9.41. The number of benzene rings is 2. The highest BCUT2D eigenvalue weighted by Crippen LogP contribution is 2.16. The van der Waals surface area contributed by atoms with Crippen LogP contribution in [-0.2, 0) is 12.8 Å². The first-order chi connectivity index (χ1) is 12.6. The molecular formula is C20H22N4O2. The van der Waals surface area contributed by atoms with E-state index in [0.29, 0.717) is 0 Å². The summed E-state index contributed by atoms with van der Waals surface area (Å²) >= 11 is 0. The summed E-state index contributed by atoms with van der Waals surface area (Å²) in [6.07, 6.45) is 3.30. The summed E-state index contributed by atoms with van der Waals surface area (Å²) < 4.78 is 0. The molecule has 0 spiro atoms. The van der Waals surface area contributed by atoms with Crippen LogP contribution in [0.5, 0.6) is 11.5 Å². The van der Waals surface area contributed by atoms with Crippen molar-refractivity contribution in [2.45, 2.75) is 12.8 Å². The van der Waals surface area contributed by atoms with Crippen molar-refractivity contribution in [2.24, 2.45) is 0 Å². The third-order valence-corrected chi connectivity index (χ3v) is 4.20. The Bertz CT molecular complexity index is 786. The fraction of sp³-hybridized carbons (Fsp3) is 0.200. The first-order valence-electron chi connectivity index (χ1n) is 8.49. The zero-order valence-electron chi connectivity index (χ0n) is 14.4. The summed E-state index contributed by atoms with van der Waals surface area (Å²) in [5.74, 6) is 1.57. The van der Waals surface area contributed by atoms with E-state index < -0.39 is 0 Å². The highest BCUT2D eigenvalue weighted by Gasteiger charge is 2.10. The van der Waals surface area contributed by atoms with Gasteiger partial charge in [0, 0.05) is 19.3 Å². The summed E-state index contributed by atoms with van der Waals surface area (Å²) in [6, 6.07) is 16.3. The Morgan fingerprint density at radius 3 is 1.73 bits per heavy atom. The number of phenols is 2. The number of nitrogens with zero attached hydrogens (tertiary/aromatic N) is 3. The van der Waals surface area contributed by atoms with Crippen LogP contribution in [0.15, 0.2) is 60.8 Å². The predicted molar refractivity (Wildman–Crippen MR) is 102 cm³/mol. The standard InChI is InChI=1S/C20H22N4O2/c21-20-22-12-9-19(23-20)24(13-10-15-1-5-17(25)6-2-15)14-11-16-3-7-18(26)8-4-16/h1-9,12,25-26H,10-11,13-14H2,(H2,21,22,23). The van der Waals surface area contributed by atoms with Gasteiger partial charge >= 0.3 is 0 Å². The number of phenolic OH excluding ortho intramolecular Hbond substituents is 2. The van der Waals surface area contributed by atoms with Gasteiger partial charge in [0.05, 0.1) is 0 Å². The van der Waals surface area contributed by atoms with Crippen LogP contribution in [-0.4, -0.2) is 33.3 Å². The minimum atomic E-state index is 0.252. The van der Waals surface area contributed by atoms with E-state index in [1.54, 1.807) is 30.5 Å². The number of nitrogens with two attached hydrogens (primary N) is 1. The quantitative estimate of drug-likeness (QED) is 0.606. The van der Waals surface area contributed by atoms with Crippen molar-refractivity contribution in [2.75, 3.05) is 23.7 Å². The molecule has 1 heterocycles. The number of aromatic hydroxyl groups is 2. The third kappa shape index (κ3) is 4.86. The average molecular weight is 350 g/mol. The van der Waals surface area contributed by atoms with Gasteiger partial charge in [0.2, 0.25) is 5.95 Å². The molecule has 0 aliphatic carbocycles. The van der Waals surface area contributed by atoms with Crippen LogP contribution < -0.4 is 10.6 Å². The van der Waals surface area contributed by atoms with E-state index >= 15 is 0 Å². The van der Waals surface area contributed by atoms with Crippen molar-refractivity contribution in [1.29, 1.82) is 0 Å². The maximum Gasteiger partial charge on any atom is 0.221 e. The smallest absolute Gasteiger partial charge is 0.221 e. The lowest BCUT2D eigenvalue weighted by molar-refractivity contribution is 0.474. The number of nitrogen functional groups attached to an aromatic ring is 1. The largest absolute Gasteiger partial charge is 0.508 e. The second kappa shape index (κ2) is 8.20. The van der Waals surface area contributed by atoms with Crippen LogP contribution >= 0.6 is 0 Å². The van der Waals surface area contributed by atoms with Gasteiger partial charge in [-0.25, -0.2) is 4.98 Å². The van der Waals surface area contributed by atoms with E-state index in [9.17, 15) is 10.2 Å². The molecule has 0 unspecified atom stereocenters. The zero-order chi connectivity index (χ0) is 18.4. The molecule has 0 saturated carbocycles. The van der Waals surface area contributed by atoms with E-state index in [4.69, 9.17) is 5.73 Å². The molecule has 0 atom stereocenters. The summed E-state index contributed by atoms with van der Waals surface area (Å²) in [5.41, 5.74) is 8.02. The first kappa shape index (κ1) is 17.5. The first-order valence-corrected chi connectivity index (χ1v) is 8.49. The summed E-state index contributed by atoms with van der Waals surface area (Å²) in [5, 5.41) is 18.8. The van der Waals surface area contributed by atoms with Crippen molar-refractivity contribution in [1.82, 2.24) is 9.97 Å². The number of hydrogen-bond donors (Lipinski definition) is 3. The average Bonchev–Trinajstić information content (AvgIpc) is 2.64. The Balaban J connectivity index is 1.70. The van der Waals surface area contributed by atoms with Gasteiger partial charge in [-0.2, -0.15) is 4.98 Å². The van der Waals surface area contributed by atoms with E-state index in [1.807, 2.05) is 30.3 Å². The fourth-order valence-electron chi connectivity index (χ4n) is 2.73. The van der Waals surface area contributed by atoms with Crippen LogP contribution in [0.1, 0.15) is 11.1 Å². The summed E-state index contributed by atoms with van der Waals surface area (Å²) in [4.78, 5) is 10.5. The monoisotopic (exact) mass is 350 g/mol. The number of aromatic nitrogens is 2. The normalized spacial score (nSPS) is 10.6. The molecule has 3 aromatic rings. The lowest BCUT2D eigenvalue weighted by Crippen LogP contribution is -2.29. The molecule has 134 valence electrons. The topological polar surface area (TPSA) is 95.5 Å². The lowest BCUT2D eigenvalue weighted by atomic mass is 10.1. The Morgan fingerprint density at radius 2 is 1.27 bits per heavy atom. The third-order valence-electron chi connectivity index (χ3n) is 4.20. The minimum Gasteiger partial charge on any atom is -0.508 e. The molecule has 0 aliphatic rings. The molecule has 0 bridgehead atoms. The highest BCUT2D eigenvalue weighted by molar-refractivity contribution is 5.42. The molecule has 6 nitrogen and oxygen atoms in total. The molecule has 1 aromatic heterocycles. The number of hydrogen-bond acceptors (Lipinski definition) is 6. The lowest BCUT2D eigenvalue weighted by Gasteiger charge is -2.24. The molecule has 4 N–H and O–H groups in total. The number of anilines is 2. The highest BCUT2D eigenvalue weighted by atomic mass is 16.3. The molecular weight excluding hydrogens is 328 g/mol. The fourth-order valence-corrected chi connectivity index (χ4v) is 2.73. The van der Waals surface area contributed by atoms with Crippen LogP contribution in [0, 0.1) is 0 Å².